The van der Waals surface area contributed by atoms with Gasteiger partial charge < -0.3 is 19.2 Å². The van der Waals surface area contributed by atoms with Crippen LogP contribution in [-0.4, -0.2) is 64.8 Å². The standard InChI is InChI=1S/C25H29N5O3S/c1-25(2)13-16-17(14-33-25)20(18-5-3-10-32-18)29-24-19(16)21-22(34-24)23(28-15-27-21)26-6-4-7-30-8-11-31-12-9-30/h3,5,10,15H,4,6-9,11-14H2,1-2H3,(H,26,27,28). The highest BCUT2D eigenvalue weighted by Gasteiger charge is 2.32. The van der Waals surface area contributed by atoms with Crippen LogP contribution in [0, 0.1) is 0 Å². The monoisotopic (exact) mass is 479 g/mol. The summed E-state index contributed by atoms with van der Waals surface area (Å²) < 4.78 is 18.4. The molecule has 0 amide bonds. The van der Waals surface area contributed by atoms with Crippen molar-refractivity contribution in [1.29, 1.82) is 0 Å². The summed E-state index contributed by atoms with van der Waals surface area (Å²) in [5, 5.41) is 4.68. The Bertz CT molecular complexity index is 1310. The average molecular weight is 480 g/mol. The van der Waals surface area contributed by atoms with Crippen LogP contribution in [0.25, 0.3) is 31.9 Å². The summed E-state index contributed by atoms with van der Waals surface area (Å²) >= 11 is 1.65. The smallest absolute Gasteiger partial charge is 0.152 e. The van der Waals surface area contributed by atoms with Gasteiger partial charge >= 0.3 is 0 Å². The Morgan fingerprint density at radius 2 is 2.06 bits per heavy atom. The van der Waals surface area contributed by atoms with Crippen LogP contribution in [0.15, 0.2) is 29.1 Å². The van der Waals surface area contributed by atoms with Gasteiger partial charge in [-0.15, -0.1) is 11.3 Å². The zero-order valence-corrected chi connectivity index (χ0v) is 20.4. The van der Waals surface area contributed by atoms with E-state index >= 15 is 0 Å². The second kappa shape index (κ2) is 8.88. The Labute approximate surface area is 202 Å². The summed E-state index contributed by atoms with van der Waals surface area (Å²) in [6, 6.07) is 3.86. The molecule has 1 fully saturated rings. The van der Waals surface area contributed by atoms with E-state index in [9.17, 15) is 0 Å². The summed E-state index contributed by atoms with van der Waals surface area (Å²) in [6.45, 7) is 10.4. The third kappa shape index (κ3) is 4.07. The van der Waals surface area contributed by atoms with Crippen molar-refractivity contribution in [2.75, 3.05) is 44.7 Å². The third-order valence-electron chi connectivity index (χ3n) is 6.63. The Morgan fingerprint density at radius 1 is 1.18 bits per heavy atom. The van der Waals surface area contributed by atoms with Gasteiger partial charge in [-0.3, -0.25) is 4.90 Å². The summed E-state index contributed by atoms with van der Waals surface area (Å²) in [5.41, 5.74) is 3.94. The molecule has 4 aromatic heterocycles. The molecule has 2 aliphatic heterocycles. The van der Waals surface area contributed by atoms with E-state index in [1.54, 1.807) is 23.9 Å². The molecule has 0 aliphatic carbocycles. The van der Waals surface area contributed by atoms with Gasteiger partial charge in [0.25, 0.3) is 0 Å². The topological polar surface area (TPSA) is 85.5 Å². The molecule has 0 unspecified atom stereocenters. The van der Waals surface area contributed by atoms with Crippen LogP contribution in [0.1, 0.15) is 31.4 Å². The lowest BCUT2D eigenvalue weighted by atomic mass is 9.89. The molecule has 0 spiro atoms. The summed E-state index contributed by atoms with van der Waals surface area (Å²) in [6.07, 6.45) is 5.21. The SMILES string of the molecule is CC1(C)Cc2c(c(-c3ccco3)nc3sc4c(NCCCN5CCOCC5)ncnc4c23)CO1. The zero-order valence-electron chi connectivity index (χ0n) is 19.6. The van der Waals surface area contributed by atoms with Crippen LogP contribution < -0.4 is 5.32 Å². The molecule has 0 radical (unpaired) electrons. The zero-order chi connectivity index (χ0) is 23.1. The minimum atomic E-state index is -0.246. The molecular formula is C25H29N5O3S. The summed E-state index contributed by atoms with van der Waals surface area (Å²) in [5.74, 6) is 1.65. The first-order valence-electron chi connectivity index (χ1n) is 11.9. The maximum atomic E-state index is 6.17. The van der Waals surface area contributed by atoms with Crippen molar-refractivity contribution in [3.63, 3.8) is 0 Å². The number of nitrogens with zero attached hydrogens (tertiary/aromatic N) is 4. The molecule has 8 nitrogen and oxygen atoms in total. The number of furan rings is 1. The van der Waals surface area contributed by atoms with Crippen LogP contribution in [0.2, 0.25) is 0 Å². The molecule has 4 aromatic rings. The van der Waals surface area contributed by atoms with Gasteiger partial charge in [-0.2, -0.15) is 0 Å². The first-order valence-corrected chi connectivity index (χ1v) is 12.7. The molecule has 1 N–H and O–H groups in total. The Morgan fingerprint density at radius 3 is 2.88 bits per heavy atom. The predicted molar refractivity (Wildman–Crippen MR) is 133 cm³/mol. The van der Waals surface area contributed by atoms with Crippen molar-refractivity contribution in [2.24, 2.45) is 0 Å². The lowest BCUT2D eigenvalue weighted by molar-refractivity contribution is -0.0395. The second-order valence-electron chi connectivity index (χ2n) is 9.54. The van der Waals surface area contributed by atoms with Crippen LogP contribution in [-0.2, 0) is 22.5 Å². The minimum Gasteiger partial charge on any atom is -0.463 e. The maximum absolute atomic E-state index is 6.17. The number of ether oxygens (including phenoxy) is 2. The molecule has 0 atom stereocenters. The van der Waals surface area contributed by atoms with Gasteiger partial charge in [0.1, 0.15) is 22.7 Å². The van der Waals surface area contributed by atoms with Gasteiger partial charge in [-0.25, -0.2) is 15.0 Å². The second-order valence-corrected chi connectivity index (χ2v) is 10.5. The van der Waals surface area contributed by atoms with E-state index in [1.807, 2.05) is 12.1 Å². The van der Waals surface area contributed by atoms with Crippen LogP contribution >= 0.6 is 11.3 Å². The summed E-state index contributed by atoms with van der Waals surface area (Å²) in [7, 11) is 0. The highest BCUT2D eigenvalue weighted by atomic mass is 32.1. The number of rotatable bonds is 6. The molecule has 6 rings (SSSR count). The molecule has 9 heteroatoms. The van der Waals surface area contributed by atoms with E-state index in [1.165, 1.54) is 5.56 Å². The molecule has 0 bridgehead atoms. The third-order valence-corrected chi connectivity index (χ3v) is 7.71. The number of anilines is 1. The minimum absolute atomic E-state index is 0.246. The van der Waals surface area contributed by atoms with Crippen molar-refractivity contribution in [3.8, 4) is 11.5 Å². The molecule has 0 aromatic carbocycles. The first kappa shape index (κ1) is 21.9. The van der Waals surface area contributed by atoms with Crippen molar-refractivity contribution in [3.05, 3.63) is 35.9 Å². The van der Waals surface area contributed by atoms with E-state index in [4.69, 9.17) is 23.9 Å². The summed E-state index contributed by atoms with van der Waals surface area (Å²) in [4.78, 5) is 17.8. The van der Waals surface area contributed by atoms with Crippen LogP contribution in [0.5, 0.6) is 0 Å². The largest absolute Gasteiger partial charge is 0.463 e. The highest BCUT2D eigenvalue weighted by Crippen LogP contribution is 2.44. The quantitative estimate of drug-likeness (QED) is 0.405. The van der Waals surface area contributed by atoms with E-state index in [2.05, 4.69) is 29.0 Å². The van der Waals surface area contributed by atoms with Crippen molar-refractivity contribution < 1.29 is 13.9 Å². The van der Waals surface area contributed by atoms with Crippen LogP contribution in [0.3, 0.4) is 0 Å². The van der Waals surface area contributed by atoms with Gasteiger partial charge in [-0.1, -0.05) is 0 Å². The number of thiophene rings is 1. The van der Waals surface area contributed by atoms with Gasteiger partial charge in [0.15, 0.2) is 5.76 Å². The Hall–Kier alpha value is -2.59. The molecule has 34 heavy (non-hydrogen) atoms. The number of nitrogens with one attached hydrogen (secondary N) is 1. The normalized spacial score (nSPS) is 18.4. The average Bonchev–Trinajstić information content (AvgIpc) is 3.50. The highest BCUT2D eigenvalue weighted by molar-refractivity contribution is 7.26. The fourth-order valence-electron chi connectivity index (χ4n) is 4.88. The lowest BCUT2D eigenvalue weighted by Gasteiger charge is -2.32. The lowest BCUT2D eigenvalue weighted by Crippen LogP contribution is -2.37. The molecule has 0 saturated carbocycles. The molecule has 2 aliphatic rings. The number of pyridine rings is 1. The number of morpholine rings is 1. The maximum Gasteiger partial charge on any atom is 0.152 e. The molecule has 178 valence electrons. The van der Waals surface area contributed by atoms with Gasteiger partial charge in [0, 0.05) is 37.0 Å². The van der Waals surface area contributed by atoms with Crippen molar-refractivity contribution in [1.82, 2.24) is 19.9 Å². The fraction of sp³-hybridized carbons (Fsp3) is 0.480. The van der Waals surface area contributed by atoms with Crippen LogP contribution in [0.4, 0.5) is 5.82 Å². The fourth-order valence-corrected chi connectivity index (χ4v) is 6.01. The van der Waals surface area contributed by atoms with Gasteiger partial charge in [0.05, 0.1) is 41.9 Å². The van der Waals surface area contributed by atoms with Gasteiger partial charge in [0.2, 0.25) is 0 Å². The van der Waals surface area contributed by atoms with E-state index in [-0.39, 0.29) is 5.60 Å². The molecule has 6 heterocycles. The van der Waals surface area contributed by atoms with E-state index in [0.717, 1.165) is 95.5 Å². The number of fused-ring (bicyclic) bond motifs is 5. The first-order chi connectivity index (χ1) is 16.6. The Balaban J connectivity index is 1.36. The van der Waals surface area contributed by atoms with Crippen molar-refractivity contribution in [2.45, 2.75) is 38.9 Å². The van der Waals surface area contributed by atoms with Gasteiger partial charge in [-0.05, 0) is 44.5 Å². The van der Waals surface area contributed by atoms with Crippen molar-refractivity contribution >= 4 is 37.6 Å². The molecule has 1 saturated heterocycles. The predicted octanol–water partition coefficient (Wildman–Crippen LogP) is 4.49. The van der Waals surface area contributed by atoms with E-state index < -0.39 is 0 Å². The number of hydrogen-bond donors (Lipinski definition) is 1. The Kier molecular flexibility index (Phi) is 5.73. The number of hydrogen-bond acceptors (Lipinski definition) is 9. The van der Waals surface area contributed by atoms with E-state index in [0.29, 0.717) is 6.61 Å². The number of aromatic nitrogens is 3. The molecular weight excluding hydrogens is 450 g/mol.